The molecule has 12 heteroatoms. The lowest BCUT2D eigenvalue weighted by Crippen LogP contribution is -2.51. The molecule has 0 saturated heterocycles. The number of halogens is 4. The zero-order chi connectivity index (χ0) is 28.9. The molecule has 0 radical (unpaired) electrons. The molecule has 208 valence electrons. The summed E-state index contributed by atoms with van der Waals surface area (Å²) in [6, 6.07) is 14.4. The van der Waals surface area contributed by atoms with Gasteiger partial charge in [0.2, 0.25) is 11.8 Å². The Bertz CT molecular complexity index is 1450. The number of hydrogen-bond acceptors (Lipinski definition) is 4. The zero-order valence-corrected chi connectivity index (χ0v) is 25.3. The average molecular weight is 631 g/mol. The second-order valence-electron chi connectivity index (χ2n) is 8.75. The molecule has 1 atom stereocenters. The molecule has 3 aromatic rings. The summed E-state index contributed by atoms with van der Waals surface area (Å²) in [5.74, 6) is -1.04. The fourth-order valence-electron chi connectivity index (χ4n) is 3.97. The van der Waals surface area contributed by atoms with Crippen LogP contribution in [-0.2, 0) is 26.2 Å². The first kappa shape index (κ1) is 31.0. The van der Waals surface area contributed by atoms with Gasteiger partial charge >= 0.3 is 0 Å². The normalized spacial score (nSPS) is 12.1. The topological polar surface area (TPSA) is 86.8 Å². The van der Waals surface area contributed by atoms with Gasteiger partial charge in [0.1, 0.15) is 12.6 Å². The lowest BCUT2D eigenvalue weighted by Gasteiger charge is -2.33. The summed E-state index contributed by atoms with van der Waals surface area (Å²) in [7, 11) is -2.79. The van der Waals surface area contributed by atoms with Crippen LogP contribution in [0.5, 0.6) is 0 Å². The maximum Gasteiger partial charge on any atom is 0.264 e. The van der Waals surface area contributed by atoms with E-state index in [9.17, 15) is 18.0 Å². The van der Waals surface area contributed by atoms with E-state index >= 15 is 0 Å². The van der Waals surface area contributed by atoms with E-state index in [1.54, 1.807) is 31.2 Å². The van der Waals surface area contributed by atoms with Gasteiger partial charge in [-0.25, -0.2) is 8.42 Å². The monoisotopic (exact) mass is 629 g/mol. The maximum absolute atomic E-state index is 13.9. The first-order chi connectivity index (χ1) is 18.4. The highest BCUT2D eigenvalue weighted by Crippen LogP contribution is 2.31. The Morgan fingerprint density at radius 3 is 2.05 bits per heavy atom. The minimum atomic E-state index is -4.25. The lowest BCUT2D eigenvalue weighted by atomic mass is 10.1. The number of carbonyl (C=O) groups is 2. The van der Waals surface area contributed by atoms with Gasteiger partial charge < -0.3 is 10.2 Å². The summed E-state index contributed by atoms with van der Waals surface area (Å²) < 4.78 is 28.7. The highest BCUT2D eigenvalue weighted by Gasteiger charge is 2.34. The second-order valence-corrected chi connectivity index (χ2v) is 12.3. The number of sulfonamides is 1. The van der Waals surface area contributed by atoms with Gasteiger partial charge in [-0.1, -0.05) is 77.1 Å². The van der Waals surface area contributed by atoms with Crippen molar-refractivity contribution in [3.8, 4) is 0 Å². The molecule has 0 heterocycles. The smallest absolute Gasteiger partial charge is 0.264 e. The van der Waals surface area contributed by atoms with E-state index in [2.05, 4.69) is 5.32 Å². The minimum Gasteiger partial charge on any atom is -0.357 e. The first-order valence-corrected chi connectivity index (χ1v) is 14.8. The lowest BCUT2D eigenvalue weighted by molar-refractivity contribution is -0.140. The van der Waals surface area contributed by atoms with Crippen molar-refractivity contribution in [1.29, 1.82) is 0 Å². The van der Waals surface area contributed by atoms with Crippen LogP contribution in [0, 0.1) is 6.92 Å². The number of carbonyl (C=O) groups excluding carboxylic acids is 2. The summed E-state index contributed by atoms with van der Waals surface area (Å²) in [5, 5.41) is 3.66. The predicted molar refractivity (Wildman–Crippen MR) is 157 cm³/mol. The number of nitrogens with one attached hydrogen (secondary N) is 1. The van der Waals surface area contributed by atoms with Gasteiger partial charge in [0.25, 0.3) is 10.0 Å². The van der Waals surface area contributed by atoms with E-state index in [1.165, 1.54) is 48.3 Å². The van der Waals surface area contributed by atoms with Crippen LogP contribution in [-0.4, -0.2) is 44.8 Å². The molecule has 0 unspecified atom stereocenters. The number of likely N-dealkylation sites (N-methyl/N-ethyl adjacent to an activating group) is 1. The van der Waals surface area contributed by atoms with Crippen molar-refractivity contribution in [1.82, 2.24) is 10.2 Å². The fourth-order valence-corrected chi connectivity index (χ4v) is 6.35. The standard InChI is InChI=1S/C27H27Cl4N3O4S/c1-4-25(27(36)32-3)33(15-18-7-8-19(28)14-24(18)31)26(35)16-34(22-12-20(29)11-21(30)13-22)39(37,38)23-9-5-17(2)6-10-23/h5-14,25H,4,15-16H2,1-3H3,(H,32,36)/t25-/m1/s1. The molecule has 7 nitrogen and oxygen atoms in total. The molecule has 2 amide bonds. The van der Waals surface area contributed by atoms with Crippen LogP contribution < -0.4 is 9.62 Å². The molecule has 0 aliphatic heterocycles. The van der Waals surface area contributed by atoms with Crippen LogP contribution in [0.3, 0.4) is 0 Å². The van der Waals surface area contributed by atoms with Gasteiger partial charge in [-0.05, 0) is 61.4 Å². The molecule has 39 heavy (non-hydrogen) atoms. The molecule has 0 aliphatic carbocycles. The highest BCUT2D eigenvalue weighted by atomic mass is 35.5. The van der Waals surface area contributed by atoms with Crippen LogP contribution in [0.25, 0.3) is 0 Å². The van der Waals surface area contributed by atoms with Crippen molar-refractivity contribution < 1.29 is 18.0 Å². The van der Waals surface area contributed by atoms with Gasteiger partial charge in [0, 0.05) is 33.7 Å². The summed E-state index contributed by atoms with van der Waals surface area (Å²) >= 11 is 24.8. The third kappa shape index (κ3) is 7.58. The van der Waals surface area contributed by atoms with Crippen LogP contribution in [0.4, 0.5) is 5.69 Å². The molecule has 3 aromatic carbocycles. The molecular weight excluding hydrogens is 604 g/mol. The number of aryl methyl sites for hydroxylation is 1. The number of amides is 2. The van der Waals surface area contributed by atoms with E-state index in [0.717, 1.165) is 9.87 Å². The molecule has 0 aromatic heterocycles. The predicted octanol–water partition coefficient (Wildman–Crippen LogP) is 6.36. The number of hydrogen-bond donors (Lipinski definition) is 1. The van der Waals surface area contributed by atoms with Gasteiger partial charge in [-0.3, -0.25) is 13.9 Å². The Morgan fingerprint density at radius 1 is 0.897 bits per heavy atom. The van der Waals surface area contributed by atoms with Crippen LogP contribution >= 0.6 is 46.4 Å². The third-order valence-corrected chi connectivity index (χ3v) is 8.82. The Morgan fingerprint density at radius 2 is 1.51 bits per heavy atom. The molecule has 0 fully saturated rings. The van der Waals surface area contributed by atoms with Crippen molar-refractivity contribution in [2.75, 3.05) is 17.9 Å². The largest absolute Gasteiger partial charge is 0.357 e. The molecule has 1 N–H and O–H groups in total. The number of nitrogens with zero attached hydrogens (tertiary/aromatic N) is 2. The SMILES string of the molecule is CC[C@H](C(=O)NC)N(Cc1ccc(Cl)cc1Cl)C(=O)CN(c1cc(Cl)cc(Cl)c1)S(=O)(=O)c1ccc(C)cc1. The van der Waals surface area contributed by atoms with Gasteiger partial charge in [-0.2, -0.15) is 0 Å². The minimum absolute atomic E-state index is 0.0253. The van der Waals surface area contributed by atoms with Gasteiger partial charge in [0.05, 0.1) is 10.6 Å². The Kier molecular flexibility index (Phi) is 10.5. The number of anilines is 1. The molecule has 3 rings (SSSR count). The third-order valence-electron chi connectivity index (χ3n) is 6.01. The fraction of sp³-hybridized carbons (Fsp3) is 0.259. The van der Waals surface area contributed by atoms with E-state index in [0.29, 0.717) is 15.6 Å². The zero-order valence-electron chi connectivity index (χ0n) is 21.4. The molecule has 0 saturated carbocycles. The molecule has 0 spiro atoms. The Hall–Kier alpha value is -2.49. The van der Waals surface area contributed by atoms with Crippen molar-refractivity contribution in [3.05, 3.63) is 91.9 Å². The van der Waals surface area contributed by atoms with Crippen LogP contribution in [0.15, 0.2) is 65.6 Å². The van der Waals surface area contributed by atoms with E-state index in [-0.39, 0.29) is 33.6 Å². The van der Waals surface area contributed by atoms with E-state index in [4.69, 9.17) is 46.4 Å². The highest BCUT2D eigenvalue weighted by molar-refractivity contribution is 7.92. The van der Waals surface area contributed by atoms with Crippen molar-refractivity contribution in [3.63, 3.8) is 0 Å². The molecular formula is C27H27Cl4N3O4S. The average Bonchev–Trinajstić information content (AvgIpc) is 2.87. The van der Waals surface area contributed by atoms with Crippen LogP contribution in [0.1, 0.15) is 24.5 Å². The van der Waals surface area contributed by atoms with Gasteiger partial charge in [-0.15, -0.1) is 0 Å². The summed E-state index contributed by atoms with van der Waals surface area (Å²) in [6.45, 7) is 2.89. The molecule has 0 bridgehead atoms. The number of benzene rings is 3. The second kappa shape index (κ2) is 13.2. The van der Waals surface area contributed by atoms with Crippen molar-refractivity contribution in [2.24, 2.45) is 0 Å². The first-order valence-electron chi connectivity index (χ1n) is 11.9. The summed E-state index contributed by atoms with van der Waals surface area (Å²) in [5.41, 5.74) is 1.50. The Balaban J connectivity index is 2.11. The quantitative estimate of drug-likeness (QED) is 0.283. The Labute approximate surface area is 248 Å². The van der Waals surface area contributed by atoms with Crippen LogP contribution in [0.2, 0.25) is 20.1 Å². The van der Waals surface area contributed by atoms with Crippen molar-refractivity contribution >= 4 is 73.9 Å². The molecule has 0 aliphatic rings. The van der Waals surface area contributed by atoms with Crippen molar-refractivity contribution in [2.45, 2.75) is 37.8 Å². The summed E-state index contributed by atoms with van der Waals surface area (Å²) in [4.78, 5) is 28.0. The number of rotatable bonds is 10. The van der Waals surface area contributed by atoms with Gasteiger partial charge in [0.15, 0.2) is 0 Å². The van der Waals surface area contributed by atoms with E-state index < -0.39 is 34.4 Å². The summed E-state index contributed by atoms with van der Waals surface area (Å²) in [6.07, 6.45) is 0.268. The van der Waals surface area contributed by atoms with E-state index in [1.807, 2.05) is 6.92 Å². The maximum atomic E-state index is 13.9.